The van der Waals surface area contributed by atoms with Gasteiger partial charge < -0.3 is 11.1 Å². The number of aryl methyl sites for hydroxylation is 2. The first kappa shape index (κ1) is 14.9. The van der Waals surface area contributed by atoms with E-state index in [1.807, 2.05) is 6.92 Å². The van der Waals surface area contributed by atoms with E-state index in [0.717, 1.165) is 11.9 Å². The van der Waals surface area contributed by atoms with Gasteiger partial charge in [-0.25, -0.2) is 13.1 Å². The lowest BCUT2D eigenvalue weighted by Gasteiger charge is -2.09. The van der Waals surface area contributed by atoms with Crippen LogP contribution in [0.5, 0.6) is 0 Å². The van der Waals surface area contributed by atoms with Crippen molar-refractivity contribution < 1.29 is 8.42 Å². The number of aromatic nitrogens is 2. The molecule has 1 heterocycles. The Balaban J connectivity index is 2.70. The molecule has 18 heavy (non-hydrogen) atoms. The second-order valence-electron chi connectivity index (χ2n) is 3.89. The predicted octanol–water partition coefficient (Wildman–Crippen LogP) is -0.676. The van der Waals surface area contributed by atoms with Crippen molar-refractivity contribution in [2.45, 2.75) is 6.92 Å². The van der Waals surface area contributed by atoms with Crippen LogP contribution in [0, 0.1) is 6.92 Å². The molecule has 0 aromatic carbocycles. The van der Waals surface area contributed by atoms with Gasteiger partial charge in [-0.2, -0.15) is 5.10 Å². The van der Waals surface area contributed by atoms with Crippen LogP contribution in [0.4, 0.5) is 5.82 Å². The number of nitrogens with zero attached hydrogens (tertiary/aromatic N) is 2. The molecular formula is C9H17N5O2S2. The number of nitrogens with one attached hydrogen (secondary N) is 2. The van der Waals surface area contributed by atoms with Gasteiger partial charge in [0.15, 0.2) is 0 Å². The minimum absolute atomic E-state index is 0.263. The molecular weight excluding hydrogens is 274 g/mol. The van der Waals surface area contributed by atoms with Gasteiger partial charge in [0.2, 0.25) is 10.0 Å². The molecule has 0 fully saturated rings. The number of thiocarbonyl (C=S) groups is 1. The van der Waals surface area contributed by atoms with Crippen LogP contribution in [0.25, 0.3) is 0 Å². The normalized spacial score (nSPS) is 11.5. The van der Waals surface area contributed by atoms with Crippen LogP contribution in [0.1, 0.15) is 11.3 Å². The van der Waals surface area contributed by atoms with E-state index < -0.39 is 10.0 Å². The van der Waals surface area contributed by atoms with Crippen LogP contribution in [0.2, 0.25) is 0 Å². The number of sulfonamides is 1. The number of rotatable bonds is 6. The Bertz CT molecular complexity index is 550. The molecule has 102 valence electrons. The standard InChI is InChI=1S/C9H17N5O2S2/c1-6-7(8(10)17)9(14(2)13-6)11-4-5-12-18(3,15)16/h11-12H,4-5H2,1-3H3,(H2,10,17). The van der Waals surface area contributed by atoms with E-state index in [9.17, 15) is 8.42 Å². The maximum atomic E-state index is 10.9. The van der Waals surface area contributed by atoms with Gasteiger partial charge in [0.25, 0.3) is 0 Å². The molecule has 0 aliphatic heterocycles. The Morgan fingerprint density at radius 3 is 2.61 bits per heavy atom. The van der Waals surface area contributed by atoms with E-state index in [4.69, 9.17) is 18.0 Å². The van der Waals surface area contributed by atoms with E-state index in [2.05, 4.69) is 15.1 Å². The second-order valence-corrected chi connectivity index (χ2v) is 6.16. The lowest BCUT2D eigenvalue weighted by Crippen LogP contribution is -2.28. The zero-order valence-corrected chi connectivity index (χ0v) is 12.2. The Hall–Kier alpha value is -1.19. The third kappa shape index (κ3) is 3.93. The van der Waals surface area contributed by atoms with Crippen molar-refractivity contribution >= 4 is 33.0 Å². The Morgan fingerprint density at radius 2 is 2.11 bits per heavy atom. The highest BCUT2D eigenvalue weighted by Crippen LogP contribution is 2.17. The van der Waals surface area contributed by atoms with Gasteiger partial charge in [-0.05, 0) is 6.92 Å². The Morgan fingerprint density at radius 1 is 1.50 bits per heavy atom. The molecule has 0 aliphatic carbocycles. The summed E-state index contributed by atoms with van der Waals surface area (Å²) in [5.41, 5.74) is 7.06. The van der Waals surface area contributed by atoms with Gasteiger partial charge >= 0.3 is 0 Å². The zero-order chi connectivity index (χ0) is 13.9. The summed E-state index contributed by atoms with van der Waals surface area (Å²) in [5, 5.41) is 7.27. The minimum Gasteiger partial charge on any atom is -0.389 e. The highest BCUT2D eigenvalue weighted by atomic mass is 32.2. The van der Waals surface area contributed by atoms with Crippen molar-refractivity contribution in [1.82, 2.24) is 14.5 Å². The molecule has 0 aliphatic rings. The topological polar surface area (TPSA) is 102 Å². The lowest BCUT2D eigenvalue weighted by molar-refractivity contribution is 0.589. The van der Waals surface area contributed by atoms with Crippen molar-refractivity contribution in [2.75, 3.05) is 24.7 Å². The fourth-order valence-corrected chi connectivity index (χ4v) is 2.29. The summed E-state index contributed by atoms with van der Waals surface area (Å²) in [5.74, 6) is 0.690. The molecule has 9 heteroatoms. The van der Waals surface area contributed by atoms with E-state index in [0.29, 0.717) is 17.9 Å². The van der Waals surface area contributed by atoms with Gasteiger partial charge in [-0.15, -0.1) is 0 Å². The molecule has 0 bridgehead atoms. The van der Waals surface area contributed by atoms with Crippen LogP contribution in [0.3, 0.4) is 0 Å². The Kier molecular flexibility index (Phi) is 4.65. The maximum absolute atomic E-state index is 10.9. The summed E-state index contributed by atoms with van der Waals surface area (Å²) in [4.78, 5) is 0.263. The first-order valence-corrected chi connectivity index (χ1v) is 7.54. The van der Waals surface area contributed by atoms with Crippen molar-refractivity contribution in [3.05, 3.63) is 11.3 Å². The molecule has 0 atom stereocenters. The van der Waals surface area contributed by atoms with Gasteiger partial charge in [0.1, 0.15) is 10.8 Å². The van der Waals surface area contributed by atoms with Crippen molar-refractivity contribution in [3.63, 3.8) is 0 Å². The average molecular weight is 291 g/mol. The number of hydrogen-bond donors (Lipinski definition) is 3. The minimum atomic E-state index is -3.17. The highest BCUT2D eigenvalue weighted by Gasteiger charge is 2.14. The molecule has 1 aromatic rings. The zero-order valence-electron chi connectivity index (χ0n) is 10.5. The van der Waals surface area contributed by atoms with Gasteiger partial charge in [0.05, 0.1) is 17.5 Å². The molecule has 0 unspecified atom stereocenters. The van der Waals surface area contributed by atoms with E-state index >= 15 is 0 Å². The van der Waals surface area contributed by atoms with Gasteiger partial charge in [-0.1, -0.05) is 12.2 Å². The summed E-state index contributed by atoms with van der Waals surface area (Å²) < 4.78 is 25.8. The van der Waals surface area contributed by atoms with Crippen LogP contribution in [-0.4, -0.2) is 42.5 Å². The molecule has 0 amide bonds. The van der Waals surface area contributed by atoms with Gasteiger partial charge in [0, 0.05) is 20.1 Å². The molecule has 0 saturated heterocycles. The molecule has 4 N–H and O–H groups in total. The number of nitrogens with two attached hydrogens (primary N) is 1. The largest absolute Gasteiger partial charge is 0.389 e. The van der Waals surface area contributed by atoms with Crippen molar-refractivity contribution in [2.24, 2.45) is 12.8 Å². The fraction of sp³-hybridized carbons (Fsp3) is 0.556. The van der Waals surface area contributed by atoms with Crippen LogP contribution in [0.15, 0.2) is 0 Å². The van der Waals surface area contributed by atoms with Crippen LogP contribution >= 0.6 is 12.2 Å². The molecule has 0 saturated carbocycles. The molecule has 1 aromatic heterocycles. The summed E-state index contributed by atoms with van der Waals surface area (Å²) in [7, 11) is -1.41. The average Bonchev–Trinajstić information content (AvgIpc) is 2.46. The summed E-state index contributed by atoms with van der Waals surface area (Å²) in [6.45, 7) is 2.51. The first-order chi connectivity index (χ1) is 8.22. The third-order valence-electron chi connectivity index (χ3n) is 2.25. The predicted molar refractivity (Wildman–Crippen MR) is 75.2 cm³/mol. The maximum Gasteiger partial charge on any atom is 0.208 e. The van der Waals surface area contributed by atoms with Gasteiger partial charge in [-0.3, -0.25) is 4.68 Å². The monoisotopic (exact) mass is 291 g/mol. The van der Waals surface area contributed by atoms with Crippen LogP contribution in [-0.2, 0) is 17.1 Å². The quantitative estimate of drug-likeness (QED) is 0.474. The third-order valence-corrected chi connectivity index (χ3v) is 3.18. The lowest BCUT2D eigenvalue weighted by atomic mass is 10.2. The number of hydrogen-bond acceptors (Lipinski definition) is 5. The van der Waals surface area contributed by atoms with E-state index in [1.54, 1.807) is 11.7 Å². The fourth-order valence-electron chi connectivity index (χ4n) is 1.57. The molecule has 7 nitrogen and oxygen atoms in total. The summed E-state index contributed by atoms with van der Waals surface area (Å²) >= 11 is 4.96. The summed E-state index contributed by atoms with van der Waals surface area (Å²) in [6.07, 6.45) is 1.11. The van der Waals surface area contributed by atoms with Crippen molar-refractivity contribution in [1.29, 1.82) is 0 Å². The highest BCUT2D eigenvalue weighted by molar-refractivity contribution is 7.88. The molecule has 0 spiro atoms. The van der Waals surface area contributed by atoms with Crippen molar-refractivity contribution in [3.8, 4) is 0 Å². The molecule has 0 radical (unpaired) electrons. The molecule has 1 rings (SSSR count). The van der Waals surface area contributed by atoms with Crippen LogP contribution < -0.4 is 15.8 Å². The second kappa shape index (κ2) is 5.63. The Labute approximate surface area is 112 Å². The SMILES string of the molecule is Cc1nn(C)c(NCCNS(C)(=O)=O)c1C(N)=S. The first-order valence-electron chi connectivity index (χ1n) is 5.24. The summed E-state index contributed by atoms with van der Waals surface area (Å²) in [6, 6.07) is 0. The van der Waals surface area contributed by atoms with E-state index in [1.165, 1.54) is 0 Å². The van der Waals surface area contributed by atoms with E-state index in [-0.39, 0.29) is 11.5 Å². The smallest absolute Gasteiger partial charge is 0.208 e. The number of anilines is 1.